The molecule has 1 nitrogen and oxygen atoms in total. The van der Waals surface area contributed by atoms with Crippen molar-refractivity contribution in [2.75, 3.05) is 12.5 Å². The molecular weight excluding hydrogens is 260 g/mol. The molecule has 92 valence electrons. The highest BCUT2D eigenvalue weighted by Crippen LogP contribution is 2.22. The van der Waals surface area contributed by atoms with Crippen molar-refractivity contribution in [1.29, 1.82) is 0 Å². The van der Waals surface area contributed by atoms with Crippen molar-refractivity contribution >= 4 is 11.6 Å². The van der Waals surface area contributed by atoms with E-state index < -0.39 is 24.3 Å². The zero-order valence-corrected chi connectivity index (χ0v) is 9.20. The predicted molar refractivity (Wildman–Crippen MR) is 55.5 cm³/mol. The van der Waals surface area contributed by atoms with Crippen LogP contribution in [0.15, 0.2) is 18.2 Å². The first-order chi connectivity index (χ1) is 7.92. The fourth-order valence-corrected chi connectivity index (χ4v) is 1.05. The Bertz CT molecular complexity index is 445. The minimum atomic E-state index is -4.51. The summed E-state index contributed by atoms with van der Waals surface area (Å²) in [4.78, 5) is 0. The van der Waals surface area contributed by atoms with Gasteiger partial charge in [-0.25, -0.2) is 4.39 Å². The molecule has 0 N–H and O–H groups in total. The quantitative estimate of drug-likeness (QED) is 0.453. The maximum atomic E-state index is 13.1. The third-order valence-electron chi connectivity index (χ3n) is 1.62. The predicted octanol–water partition coefficient (Wildman–Crippen LogP) is 3.36. The smallest absolute Gasteiger partial charge is 0.422 e. The Kier molecular flexibility index (Phi) is 4.64. The second-order valence-corrected chi connectivity index (χ2v) is 3.25. The van der Waals surface area contributed by atoms with Crippen LogP contribution in [-0.4, -0.2) is 18.7 Å². The number of halogens is 5. The van der Waals surface area contributed by atoms with E-state index in [-0.39, 0.29) is 5.88 Å². The molecule has 0 spiro atoms. The Hall–Kier alpha value is -1.41. The van der Waals surface area contributed by atoms with E-state index in [9.17, 15) is 17.6 Å². The van der Waals surface area contributed by atoms with Gasteiger partial charge in [0.15, 0.2) is 18.2 Å². The lowest BCUT2D eigenvalue weighted by atomic mass is 10.2. The Balaban J connectivity index is 2.83. The summed E-state index contributed by atoms with van der Waals surface area (Å²) in [5.74, 6) is 3.78. The highest BCUT2D eigenvalue weighted by atomic mass is 35.5. The van der Waals surface area contributed by atoms with Crippen LogP contribution in [0, 0.1) is 17.7 Å². The molecule has 0 atom stereocenters. The molecule has 0 radical (unpaired) electrons. The highest BCUT2D eigenvalue weighted by molar-refractivity contribution is 6.19. The van der Waals surface area contributed by atoms with E-state index in [4.69, 9.17) is 11.6 Å². The lowest BCUT2D eigenvalue weighted by molar-refractivity contribution is -0.153. The Morgan fingerprint density at radius 2 is 2.00 bits per heavy atom. The molecule has 0 saturated heterocycles. The molecule has 6 heteroatoms. The molecule has 0 heterocycles. The van der Waals surface area contributed by atoms with E-state index >= 15 is 0 Å². The Labute approximate surface area is 100 Å². The van der Waals surface area contributed by atoms with E-state index in [0.717, 1.165) is 12.1 Å². The zero-order chi connectivity index (χ0) is 12.9. The number of hydrogen-bond donors (Lipinski definition) is 0. The van der Waals surface area contributed by atoms with Gasteiger partial charge in [-0.3, -0.25) is 0 Å². The molecule has 0 aromatic heterocycles. The number of ether oxygens (including phenoxy) is 1. The van der Waals surface area contributed by atoms with Crippen LogP contribution in [0.1, 0.15) is 5.56 Å². The summed E-state index contributed by atoms with van der Waals surface area (Å²) in [5.41, 5.74) is 0.337. The fraction of sp³-hybridized carbons (Fsp3) is 0.273. The molecular formula is C11H7ClF4O. The summed E-state index contributed by atoms with van der Waals surface area (Å²) < 4.78 is 53.1. The van der Waals surface area contributed by atoms with E-state index in [1.807, 2.05) is 0 Å². The second kappa shape index (κ2) is 5.78. The molecule has 1 aromatic rings. The minimum Gasteiger partial charge on any atom is -0.481 e. The van der Waals surface area contributed by atoms with Gasteiger partial charge in [-0.1, -0.05) is 11.8 Å². The normalized spacial score (nSPS) is 10.6. The van der Waals surface area contributed by atoms with Gasteiger partial charge in [-0.05, 0) is 18.2 Å². The van der Waals surface area contributed by atoms with Gasteiger partial charge in [-0.2, -0.15) is 13.2 Å². The van der Waals surface area contributed by atoms with Crippen molar-refractivity contribution in [1.82, 2.24) is 0 Å². The molecule has 1 aromatic carbocycles. The topological polar surface area (TPSA) is 9.23 Å². The molecule has 0 aliphatic carbocycles. The van der Waals surface area contributed by atoms with E-state index in [0.29, 0.717) is 5.56 Å². The van der Waals surface area contributed by atoms with Crippen LogP contribution in [0.4, 0.5) is 17.6 Å². The van der Waals surface area contributed by atoms with Crippen molar-refractivity contribution < 1.29 is 22.3 Å². The number of benzene rings is 1. The average Bonchev–Trinajstić information content (AvgIpc) is 2.25. The SMILES string of the molecule is Fc1ccc(C#CCCl)cc1OCC(F)(F)F. The maximum Gasteiger partial charge on any atom is 0.422 e. The van der Waals surface area contributed by atoms with E-state index in [1.165, 1.54) is 6.07 Å². The monoisotopic (exact) mass is 266 g/mol. The standard InChI is InChI=1S/C11H7ClF4O/c12-5-1-2-8-3-4-9(13)10(6-8)17-7-11(14,15)16/h3-4,6H,5,7H2. The maximum absolute atomic E-state index is 13.1. The van der Waals surface area contributed by atoms with Crippen LogP contribution >= 0.6 is 11.6 Å². The molecule has 0 fully saturated rings. The van der Waals surface area contributed by atoms with Crippen LogP contribution in [-0.2, 0) is 0 Å². The van der Waals surface area contributed by atoms with Gasteiger partial charge in [0, 0.05) is 5.56 Å². The molecule has 0 amide bonds. The first-order valence-corrected chi connectivity index (χ1v) is 5.00. The number of rotatable bonds is 2. The molecule has 0 aliphatic rings. The van der Waals surface area contributed by atoms with Crippen molar-refractivity contribution in [3.63, 3.8) is 0 Å². The van der Waals surface area contributed by atoms with Crippen molar-refractivity contribution in [3.05, 3.63) is 29.6 Å². The van der Waals surface area contributed by atoms with Crippen LogP contribution < -0.4 is 4.74 Å². The first kappa shape index (κ1) is 13.7. The largest absolute Gasteiger partial charge is 0.481 e. The molecule has 0 bridgehead atoms. The van der Waals surface area contributed by atoms with Crippen LogP contribution in [0.5, 0.6) is 5.75 Å². The average molecular weight is 267 g/mol. The Morgan fingerprint density at radius 1 is 1.29 bits per heavy atom. The van der Waals surface area contributed by atoms with Gasteiger partial charge >= 0.3 is 6.18 Å². The molecule has 0 saturated carbocycles. The molecule has 0 unspecified atom stereocenters. The van der Waals surface area contributed by atoms with Gasteiger partial charge in [0.2, 0.25) is 0 Å². The third kappa shape index (κ3) is 4.96. The van der Waals surface area contributed by atoms with Crippen molar-refractivity contribution in [2.24, 2.45) is 0 Å². The fourth-order valence-electron chi connectivity index (χ4n) is 0.987. The van der Waals surface area contributed by atoms with Crippen molar-refractivity contribution in [3.8, 4) is 17.6 Å². The second-order valence-electron chi connectivity index (χ2n) is 2.98. The van der Waals surface area contributed by atoms with E-state index in [1.54, 1.807) is 0 Å². The third-order valence-corrected chi connectivity index (χ3v) is 1.76. The van der Waals surface area contributed by atoms with Gasteiger partial charge < -0.3 is 4.74 Å². The minimum absolute atomic E-state index is 0.0795. The van der Waals surface area contributed by atoms with Crippen molar-refractivity contribution in [2.45, 2.75) is 6.18 Å². The summed E-state index contributed by atoms with van der Waals surface area (Å²) in [6.45, 7) is -1.55. The lowest BCUT2D eigenvalue weighted by Crippen LogP contribution is -2.19. The van der Waals surface area contributed by atoms with Crippen LogP contribution in [0.3, 0.4) is 0 Å². The summed E-state index contributed by atoms with van der Waals surface area (Å²) >= 11 is 5.32. The van der Waals surface area contributed by atoms with Gasteiger partial charge in [0.1, 0.15) is 0 Å². The zero-order valence-electron chi connectivity index (χ0n) is 8.44. The lowest BCUT2D eigenvalue weighted by Gasteiger charge is -2.09. The highest BCUT2D eigenvalue weighted by Gasteiger charge is 2.28. The molecule has 0 aliphatic heterocycles. The number of hydrogen-bond acceptors (Lipinski definition) is 1. The summed E-state index contributed by atoms with van der Waals surface area (Å²) in [7, 11) is 0. The summed E-state index contributed by atoms with van der Waals surface area (Å²) in [6, 6.07) is 3.42. The van der Waals surface area contributed by atoms with Crippen LogP contribution in [0.25, 0.3) is 0 Å². The molecule has 1 rings (SSSR count). The Morgan fingerprint density at radius 3 is 2.59 bits per heavy atom. The van der Waals surface area contributed by atoms with Crippen LogP contribution in [0.2, 0.25) is 0 Å². The van der Waals surface area contributed by atoms with Gasteiger partial charge in [-0.15, -0.1) is 11.6 Å². The van der Waals surface area contributed by atoms with E-state index in [2.05, 4.69) is 16.6 Å². The van der Waals surface area contributed by atoms with Gasteiger partial charge in [0.25, 0.3) is 0 Å². The summed E-state index contributed by atoms with van der Waals surface area (Å²) in [6.07, 6.45) is -4.51. The summed E-state index contributed by atoms with van der Waals surface area (Å²) in [5, 5.41) is 0. The first-order valence-electron chi connectivity index (χ1n) is 4.46. The number of alkyl halides is 4. The molecule has 17 heavy (non-hydrogen) atoms. The van der Waals surface area contributed by atoms with Gasteiger partial charge in [0.05, 0.1) is 5.88 Å².